The molecule has 0 aromatic heterocycles. The number of nitriles is 3. The summed E-state index contributed by atoms with van der Waals surface area (Å²) in [5, 5.41) is 38.0. The molecular formula is C19H18N4O2. The minimum absolute atomic E-state index is 0.349. The molecule has 2 aliphatic rings. The van der Waals surface area contributed by atoms with Gasteiger partial charge >= 0.3 is 0 Å². The summed E-state index contributed by atoms with van der Waals surface area (Å²) in [5.41, 5.74) is -1.74. The van der Waals surface area contributed by atoms with E-state index in [1.807, 2.05) is 43.3 Å². The average Bonchev–Trinajstić information content (AvgIpc) is 2.79. The van der Waals surface area contributed by atoms with Gasteiger partial charge in [-0.15, -0.1) is 0 Å². The summed E-state index contributed by atoms with van der Waals surface area (Å²) >= 11 is 0. The van der Waals surface area contributed by atoms with E-state index in [0.29, 0.717) is 12.0 Å². The van der Waals surface area contributed by atoms with Gasteiger partial charge in [0.25, 0.3) is 0 Å². The van der Waals surface area contributed by atoms with E-state index in [1.165, 1.54) is 0 Å². The number of hydrogen-bond acceptors (Lipinski definition) is 6. The Kier molecular flexibility index (Phi) is 3.60. The van der Waals surface area contributed by atoms with Gasteiger partial charge < -0.3 is 9.47 Å². The van der Waals surface area contributed by atoms with Crippen LogP contribution in [-0.4, -0.2) is 12.0 Å². The average molecular weight is 334 g/mol. The van der Waals surface area contributed by atoms with Crippen molar-refractivity contribution < 1.29 is 9.47 Å². The molecule has 2 saturated heterocycles. The zero-order valence-electron chi connectivity index (χ0n) is 14.3. The van der Waals surface area contributed by atoms with E-state index in [4.69, 9.17) is 14.9 Å². The van der Waals surface area contributed by atoms with Crippen molar-refractivity contribution in [2.45, 2.75) is 39.1 Å². The van der Waals surface area contributed by atoms with Gasteiger partial charge in [0.2, 0.25) is 11.7 Å². The quantitative estimate of drug-likeness (QED) is 0.892. The molecule has 126 valence electrons. The molecule has 2 bridgehead atoms. The maximum atomic E-state index is 10.00. The number of ether oxygens (including phenoxy) is 2. The molecule has 4 atom stereocenters. The van der Waals surface area contributed by atoms with Crippen LogP contribution in [0.1, 0.15) is 31.4 Å². The van der Waals surface area contributed by atoms with E-state index < -0.39 is 28.6 Å². The lowest BCUT2D eigenvalue weighted by Gasteiger charge is -2.48. The van der Waals surface area contributed by atoms with Crippen LogP contribution in [0.5, 0.6) is 0 Å². The van der Waals surface area contributed by atoms with E-state index >= 15 is 0 Å². The molecule has 0 saturated carbocycles. The van der Waals surface area contributed by atoms with Crippen molar-refractivity contribution in [3.63, 3.8) is 0 Å². The zero-order valence-corrected chi connectivity index (χ0v) is 14.3. The van der Waals surface area contributed by atoms with Crippen molar-refractivity contribution >= 4 is 5.90 Å². The molecule has 1 N–H and O–H groups in total. The molecule has 6 heteroatoms. The number of hydrogen-bond donors (Lipinski definition) is 1. The lowest BCUT2D eigenvalue weighted by molar-refractivity contribution is -0.285. The first-order chi connectivity index (χ1) is 11.9. The van der Waals surface area contributed by atoms with Gasteiger partial charge in [-0.1, -0.05) is 43.7 Å². The van der Waals surface area contributed by atoms with Crippen LogP contribution >= 0.6 is 0 Å². The number of aryl methyl sites for hydroxylation is 1. The minimum atomic E-state index is -1.79. The number of nitrogens with zero attached hydrogens (tertiary/aromatic N) is 3. The molecule has 1 aromatic carbocycles. The van der Waals surface area contributed by atoms with E-state index in [2.05, 4.69) is 6.07 Å². The summed E-state index contributed by atoms with van der Waals surface area (Å²) in [7, 11) is 0. The minimum Gasteiger partial charge on any atom is -0.443 e. The molecular weight excluding hydrogens is 316 g/mol. The number of nitrogens with one attached hydrogen (secondary N) is 1. The number of rotatable bonds is 2. The summed E-state index contributed by atoms with van der Waals surface area (Å²) in [4.78, 5) is 0. The van der Waals surface area contributed by atoms with Gasteiger partial charge in [0.05, 0.1) is 30.2 Å². The Morgan fingerprint density at radius 2 is 1.72 bits per heavy atom. The van der Waals surface area contributed by atoms with Crippen LogP contribution in [0.2, 0.25) is 0 Å². The molecule has 0 spiro atoms. The van der Waals surface area contributed by atoms with Crippen LogP contribution in [0.3, 0.4) is 0 Å². The summed E-state index contributed by atoms with van der Waals surface area (Å²) in [6, 6.07) is 13.6. The first kappa shape index (κ1) is 17.0. The van der Waals surface area contributed by atoms with Crippen LogP contribution in [0.25, 0.3) is 0 Å². The van der Waals surface area contributed by atoms with Gasteiger partial charge in [0, 0.05) is 5.56 Å². The highest BCUT2D eigenvalue weighted by Crippen LogP contribution is 2.65. The van der Waals surface area contributed by atoms with E-state index in [0.717, 1.165) is 5.56 Å². The second-order valence-electron chi connectivity index (χ2n) is 6.65. The van der Waals surface area contributed by atoms with Crippen LogP contribution in [0, 0.1) is 63.1 Å². The van der Waals surface area contributed by atoms with Crippen LogP contribution in [0.15, 0.2) is 24.3 Å². The van der Waals surface area contributed by atoms with Crippen molar-refractivity contribution in [3.8, 4) is 18.2 Å². The van der Waals surface area contributed by atoms with Gasteiger partial charge in [-0.05, 0) is 13.3 Å². The van der Waals surface area contributed by atoms with Gasteiger partial charge in [-0.3, -0.25) is 5.41 Å². The lowest BCUT2D eigenvalue weighted by atomic mass is 9.54. The molecule has 3 rings (SSSR count). The molecule has 2 fully saturated rings. The Labute approximate surface area is 146 Å². The molecule has 6 nitrogen and oxygen atoms in total. The Morgan fingerprint density at radius 3 is 2.20 bits per heavy atom. The Balaban J connectivity index is 2.31. The summed E-state index contributed by atoms with van der Waals surface area (Å²) < 4.78 is 12.0. The van der Waals surface area contributed by atoms with E-state index in [1.54, 1.807) is 13.8 Å². The Bertz CT molecular complexity index is 843. The molecule has 0 amide bonds. The molecule has 4 unspecified atom stereocenters. The third kappa shape index (κ3) is 1.71. The third-order valence-electron chi connectivity index (χ3n) is 5.61. The highest BCUT2D eigenvalue weighted by Gasteiger charge is 2.79. The molecule has 2 aliphatic heterocycles. The fourth-order valence-corrected chi connectivity index (χ4v) is 4.14. The second-order valence-corrected chi connectivity index (χ2v) is 6.65. The molecule has 0 aliphatic carbocycles. The third-order valence-corrected chi connectivity index (χ3v) is 5.61. The first-order valence-electron chi connectivity index (χ1n) is 8.15. The Hall–Kier alpha value is -2.88. The summed E-state index contributed by atoms with van der Waals surface area (Å²) in [5.74, 6) is -2.41. The van der Waals surface area contributed by atoms with Crippen molar-refractivity contribution in [2.75, 3.05) is 0 Å². The normalized spacial score (nSPS) is 35.1. The first-order valence-corrected chi connectivity index (χ1v) is 8.15. The molecule has 1 aromatic rings. The van der Waals surface area contributed by atoms with Gasteiger partial charge in [-0.25, -0.2) is 0 Å². The maximum Gasteiger partial charge on any atom is 0.243 e. The van der Waals surface area contributed by atoms with Gasteiger partial charge in [-0.2, -0.15) is 15.8 Å². The second kappa shape index (κ2) is 5.31. The zero-order chi connectivity index (χ0) is 18.5. The lowest BCUT2D eigenvalue weighted by Crippen LogP contribution is -2.60. The molecule has 2 heterocycles. The van der Waals surface area contributed by atoms with Crippen LogP contribution < -0.4 is 0 Å². The fraction of sp³-hybridized carbons (Fsp3) is 0.474. The topological polar surface area (TPSA) is 114 Å². The highest BCUT2D eigenvalue weighted by molar-refractivity contribution is 5.89. The van der Waals surface area contributed by atoms with Gasteiger partial charge in [0.15, 0.2) is 10.8 Å². The Morgan fingerprint density at radius 1 is 1.12 bits per heavy atom. The van der Waals surface area contributed by atoms with Crippen molar-refractivity contribution in [2.24, 2.45) is 16.7 Å². The molecule has 0 radical (unpaired) electrons. The van der Waals surface area contributed by atoms with Crippen LogP contribution in [-0.2, 0) is 15.3 Å². The van der Waals surface area contributed by atoms with Crippen molar-refractivity contribution in [3.05, 3.63) is 35.4 Å². The van der Waals surface area contributed by atoms with Crippen molar-refractivity contribution in [1.82, 2.24) is 0 Å². The monoisotopic (exact) mass is 334 g/mol. The van der Waals surface area contributed by atoms with Crippen LogP contribution in [0.4, 0.5) is 0 Å². The summed E-state index contributed by atoms with van der Waals surface area (Å²) in [6.45, 7) is 5.45. The largest absolute Gasteiger partial charge is 0.443 e. The standard InChI is InChI=1S/C19H18N4O2/c1-4-15-17(9-20,10-21)18(11-22)13(3)19(24-15,25-16(18)23)14-7-5-12(2)6-8-14/h5-8,13,15,23H,4H2,1-3H3. The predicted molar refractivity (Wildman–Crippen MR) is 87.7 cm³/mol. The molecule has 25 heavy (non-hydrogen) atoms. The smallest absolute Gasteiger partial charge is 0.243 e. The predicted octanol–water partition coefficient (Wildman–Crippen LogP) is 3.14. The van der Waals surface area contributed by atoms with E-state index in [9.17, 15) is 15.8 Å². The SMILES string of the molecule is CCC1OC2(c3ccc(C)cc3)OC(=N)C(C#N)(C2C)C1(C#N)C#N. The number of benzene rings is 1. The summed E-state index contributed by atoms with van der Waals surface area (Å²) in [6.07, 6.45) is -0.496. The number of fused-ring (bicyclic) bond motifs is 2. The maximum absolute atomic E-state index is 10.00. The fourth-order valence-electron chi connectivity index (χ4n) is 4.14. The van der Waals surface area contributed by atoms with E-state index in [-0.39, 0.29) is 5.90 Å². The highest BCUT2D eigenvalue weighted by atomic mass is 16.7. The van der Waals surface area contributed by atoms with Gasteiger partial charge in [0.1, 0.15) is 0 Å². The van der Waals surface area contributed by atoms with Crippen molar-refractivity contribution in [1.29, 1.82) is 21.2 Å².